The van der Waals surface area contributed by atoms with Gasteiger partial charge in [0.1, 0.15) is 0 Å². The van der Waals surface area contributed by atoms with Crippen LogP contribution in [0.25, 0.3) is 4.48 Å². The van der Waals surface area contributed by atoms with Gasteiger partial charge in [-0.3, -0.25) is 4.79 Å². The quantitative estimate of drug-likeness (QED) is 0.795. The van der Waals surface area contributed by atoms with Crippen LogP contribution >= 0.6 is 15.9 Å². The fraction of sp³-hybridized carbons (Fsp3) is 0.190. The molecule has 1 aliphatic rings. The molecule has 1 amide bonds. The van der Waals surface area contributed by atoms with E-state index in [0.29, 0.717) is 27.8 Å². The van der Waals surface area contributed by atoms with Crippen LogP contribution in [-0.2, 0) is 16.1 Å². The zero-order chi connectivity index (χ0) is 19.7. The summed E-state index contributed by atoms with van der Waals surface area (Å²) in [6, 6.07) is 13.0. The van der Waals surface area contributed by atoms with Crippen LogP contribution in [0.5, 0.6) is 0 Å². The van der Waals surface area contributed by atoms with Gasteiger partial charge in [-0.15, -0.1) is 0 Å². The van der Waals surface area contributed by atoms with Gasteiger partial charge < -0.3 is 10.0 Å². The van der Waals surface area contributed by atoms with Gasteiger partial charge in [0.05, 0.1) is 35.9 Å². The molecular weight excluding hydrogens is 408 g/mol. The van der Waals surface area contributed by atoms with Crippen LogP contribution in [-0.4, -0.2) is 17.0 Å². The SMILES string of the molecule is Cc1ccc(CN2C(=O)CC(C(=O)O)=C(Br)c3ccc(C#N)cc32)cc1C. The largest absolute Gasteiger partial charge is 0.478 e. The highest BCUT2D eigenvalue weighted by Crippen LogP contribution is 2.39. The summed E-state index contributed by atoms with van der Waals surface area (Å²) >= 11 is 3.35. The molecule has 0 spiro atoms. The first-order valence-electron chi connectivity index (χ1n) is 8.34. The number of fused-ring (bicyclic) bond motifs is 1. The molecule has 0 saturated heterocycles. The highest BCUT2D eigenvalue weighted by atomic mass is 79.9. The normalized spacial score (nSPS) is 13.9. The molecule has 0 aromatic heterocycles. The first-order chi connectivity index (χ1) is 12.8. The minimum absolute atomic E-state index is 0.00791. The molecule has 6 heteroatoms. The van der Waals surface area contributed by atoms with Crippen molar-refractivity contribution in [2.75, 3.05) is 4.90 Å². The van der Waals surface area contributed by atoms with Gasteiger partial charge >= 0.3 is 5.97 Å². The van der Waals surface area contributed by atoms with Crippen LogP contribution in [0.2, 0.25) is 0 Å². The van der Waals surface area contributed by atoms with Gasteiger partial charge in [0.15, 0.2) is 0 Å². The molecule has 0 unspecified atom stereocenters. The lowest BCUT2D eigenvalue weighted by Gasteiger charge is -2.24. The van der Waals surface area contributed by atoms with Crippen molar-refractivity contribution in [1.82, 2.24) is 0 Å². The monoisotopic (exact) mass is 424 g/mol. The Morgan fingerprint density at radius 1 is 1.22 bits per heavy atom. The molecule has 0 saturated carbocycles. The minimum Gasteiger partial charge on any atom is -0.478 e. The lowest BCUT2D eigenvalue weighted by Crippen LogP contribution is -2.30. The molecule has 2 aromatic rings. The third kappa shape index (κ3) is 3.64. The zero-order valence-electron chi connectivity index (χ0n) is 14.9. The molecule has 1 heterocycles. The van der Waals surface area contributed by atoms with E-state index < -0.39 is 5.97 Å². The topological polar surface area (TPSA) is 81.4 Å². The molecule has 3 rings (SSSR count). The molecule has 1 aliphatic heterocycles. The number of hydrogen-bond acceptors (Lipinski definition) is 3. The summed E-state index contributed by atoms with van der Waals surface area (Å²) in [7, 11) is 0. The number of nitriles is 1. The van der Waals surface area contributed by atoms with Crippen molar-refractivity contribution in [2.45, 2.75) is 26.8 Å². The summed E-state index contributed by atoms with van der Waals surface area (Å²) in [4.78, 5) is 26.1. The van der Waals surface area contributed by atoms with Gasteiger partial charge in [0.25, 0.3) is 0 Å². The molecule has 0 atom stereocenters. The predicted molar refractivity (Wildman–Crippen MR) is 106 cm³/mol. The second kappa shape index (κ2) is 7.37. The number of carbonyl (C=O) groups excluding carboxylic acids is 1. The molecule has 0 radical (unpaired) electrons. The van der Waals surface area contributed by atoms with Crippen molar-refractivity contribution in [2.24, 2.45) is 0 Å². The lowest BCUT2D eigenvalue weighted by molar-refractivity contribution is -0.133. The summed E-state index contributed by atoms with van der Waals surface area (Å²) in [6.45, 7) is 4.32. The van der Waals surface area contributed by atoms with Crippen molar-refractivity contribution in [3.05, 3.63) is 69.8 Å². The number of hydrogen-bond donors (Lipinski definition) is 1. The molecular formula is C21H17BrN2O3. The van der Waals surface area contributed by atoms with Gasteiger partial charge in [-0.05, 0) is 58.6 Å². The van der Waals surface area contributed by atoms with E-state index in [2.05, 4.69) is 22.0 Å². The minimum atomic E-state index is -1.14. The highest BCUT2D eigenvalue weighted by molar-refractivity contribution is 9.15. The number of carboxylic acids is 1. The van der Waals surface area contributed by atoms with Gasteiger partial charge in [-0.2, -0.15) is 5.26 Å². The Morgan fingerprint density at radius 2 is 1.96 bits per heavy atom. The Hall–Kier alpha value is -2.91. The van der Waals surface area contributed by atoms with E-state index in [0.717, 1.165) is 16.7 Å². The maximum Gasteiger partial charge on any atom is 0.333 e. The Balaban J connectivity index is 2.14. The van der Waals surface area contributed by atoms with E-state index in [-0.39, 0.29) is 17.9 Å². The lowest BCUT2D eigenvalue weighted by atomic mass is 10.0. The van der Waals surface area contributed by atoms with Crippen molar-refractivity contribution in [1.29, 1.82) is 5.26 Å². The first kappa shape index (κ1) is 18.9. The number of rotatable bonds is 3. The maximum atomic E-state index is 12.9. The van der Waals surface area contributed by atoms with E-state index in [1.165, 1.54) is 0 Å². The number of aliphatic carboxylic acids is 1. The fourth-order valence-electron chi connectivity index (χ4n) is 3.06. The number of halogens is 1. The Morgan fingerprint density at radius 3 is 2.59 bits per heavy atom. The smallest absolute Gasteiger partial charge is 0.333 e. The van der Waals surface area contributed by atoms with E-state index in [9.17, 15) is 20.0 Å². The number of benzene rings is 2. The standard InChI is InChI=1S/C21H17BrN2O3/c1-12-3-4-15(7-13(12)2)11-24-18-8-14(10-23)5-6-16(18)20(22)17(21(26)27)9-19(24)25/h3-8H,9,11H2,1-2H3,(H,26,27). The van der Waals surface area contributed by atoms with Crippen LogP contribution in [0, 0.1) is 25.2 Å². The van der Waals surface area contributed by atoms with Crippen LogP contribution in [0.1, 0.15) is 34.2 Å². The van der Waals surface area contributed by atoms with Crippen LogP contribution in [0.4, 0.5) is 5.69 Å². The van der Waals surface area contributed by atoms with E-state index in [1.807, 2.05) is 32.0 Å². The summed E-state index contributed by atoms with van der Waals surface area (Å²) in [5.74, 6) is -1.46. The first-order valence-corrected chi connectivity index (χ1v) is 9.14. The van der Waals surface area contributed by atoms with Gasteiger partial charge in [0.2, 0.25) is 5.91 Å². The number of amides is 1. The molecule has 0 bridgehead atoms. The van der Waals surface area contributed by atoms with Gasteiger partial charge in [-0.25, -0.2) is 4.79 Å². The molecule has 136 valence electrons. The maximum absolute atomic E-state index is 12.9. The zero-order valence-corrected chi connectivity index (χ0v) is 16.5. The molecule has 1 N–H and O–H groups in total. The Kier molecular flexibility index (Phi) is 5.15. The van der Waals surface area contributed by atoms with Crippen LogP contribution in [0.3, 0.4) is 0 Å². The van der Waals surface area contributed by atoms with Gasteiger partial charge in [0, 0.05) is 10.0 Å². The fourth-order valence-corrected chi connectivity index (χ4v) is 3.70. The van der Waals surface area contributed by atoms with Crippen molar-refractivity contribution >= 4 is 38.0 Å². The summed E-state index contributed by atoms with van der Waals surface area (Å²) in [5.41, 5.74) is 4.74. The second-order valence-corrected chi connectivity index (χ2v) is 7.31. The Labute approximate surface area is 165 Å². The number of carboxylic acid groups (broad SMARTS) is 1. The molecule has 2 aromatic carbocycles. The van der Waals surface area contributed by atoms with Crippen molar-refractivity contribution in [3.63, 3.8) is 0 Å². The number of aryl methyl sites for hydroxylation is 2. The van der Waals surface area contributed by atoms with Crippen LogP contribution < -0.4 is 4.90 Å². The molecule has 27 heavy (non-hydrogen) atoms. The average molecular weight is 425 g/mol. The van der Waals surface area contributed by atoms with Crippen LogP contribution in [0.15, 0.2) is 42.0 Å². The predicted octanol–water partition coefficient (Wildman–Crippen LogP) is 4.30. The Bertz CT molecular complexity index is 1030. The molecule has 0 aliphatic carbocycles. The van der Waals surface area contributed by atoms with Crippen molar-refractivity contribution in [3.8, 4) is 6.07 Å². The summed E-state index contributed by atoms with van der Waals surface area (Å²) < 4.78 is 0.366. The third-order valence-corrected chi connectivity index (χ3v) is 5.62. The van der Waals surface area contributed by atoms with Gasteiger partial charge in [-0.1, -0.05) is 24.3 Å². The van der Waals surface area contributed by atoms with E-state index >= 15 is 0 Å². The number of nitrogens with zero attached hydrogens (tertiary/aromatic N) is 2. The van der Waals surface area contributed by atoms with E-state index in [1.54, 1.807) is 23.1 Å². The number of anilines is 1. The number of carbonyl (C=O) groups is 2. The summed E-state index contributed by atoms with van der Waals surface area (Å²) in [5, 5.41) is 18.8. The third-order valence-electron chi connectivity index (χ3n) is 4.72. The average Bonchev–Trinajstić information content (AvgIpc) is 2.74. The van der Waals surface area contributed by atoms with E-state index in [4.69, 9.17) is 0 Å². The molecule has 0 fully saturated rings. The molecule has 5 nitrogen and oxygen atoms in total. The summed E-state index contributed by atoms with van der Waals surface area (Å²) in [6.07, 6.45) is -0.225. The highest BCUT2D eigenvalue weighted by Gasteiger charge is 2.30. The second-order valence-electron chi connectivity index (χ2n) is 6.52. The van der Waals surface area contributed by atoms with Crippen molar-refractivity contribution < 1.29 is 14.7 Å².